The molecule has 0 aliphatic heterocycles. The van der Waals surface area contributed by atoms with Crippen molar-refractivity contribution in [1.29, 1.82) is 0 Å². The van der Waals surface area contributed by atoms with Gasteiger partial charge in [0.2, 0.25) is 0 Å². The Balaban J connectivity index is 2.35. The Morgan fingerprint density at radius 2 is 2.29 bits per heavy atom. The number of nitrogens with zero attached hydrogens (tertiary/aromatic N) is 1. The molecule has 110 valence electrons. The van der Waals surface area contributed by atoms with Crippen molar-refractivity contribution in [2.75, 3.05) is 11.9 Å². The molecule has 2 rings (SSSR count). The molecule has 1 aromatic heterocycles. The number of hydrogen-bond donors (Lipinski definition) is 1. The maximum Gasteiger partial charge on any atom is 0.258 e. The fraction of sp³-hybridized carbons (Fsp3) is 0.143. The number of aromatic nitrogens is 1. The van der Waals surface area contributed by atoms with Crippen molar-refractivity contribution >= 4 is 39.1 Å². The van der Waals surface area contributed by atoms with Crippen molar-refractivity contribution in [1.82, 2.24) is 4.98 Å². The van der Waals surface area contributed by atoms with Gasteiger partial charge in [-0.25, -0.2) is 4.39 Å². The van der Waals surface area contributed by atoms with Gasteiger partial charge in [-0.1, -0.05) is 11.6 Å². The number of rotatable bonds is 4. The van der Waals surface area contributed by atoms with E-state index in [2.05, 4.69) is 26.2 Å². The van der Waals surface area contributed by atoms with Crippen molar-refractivity contribution in [3.63, 3.8) is 0 Å². The van der Waals surface area contributed by atoms with Gasteiger partial charge in [0.1, 0.15) is 0 Å². The van der Waals surface area contributed by atoms with Crippen LogP contribution in [0.25, 0.3) is 0 Å². The highest BCUT2D eigenvalue weighted by molar-refractivity contribution is 9.10. The van der Waals surface area contributed by atoms with Crippen LogP contribution in [0.4, 0.5) is 10.1 Å². The second-order valence-electron chi connectivity index (χ2n) is 4.01. The SMILES string of the molecule is CCOc1c(Br)cc(Cl)cc1NC(=O)c1ccncc1F. The summed E-state index contributed by atoms with van der Waals surface area (Å²) in [6.45, 7) is 2.22. The van der Waals surface area contributed by atoms with Gasteiger partial charge in [0.25, 0.3) is 5.91 Å². The summed E-state index contributed by atoms with van der Waals surface area (Å²) in [5.74, 6) is -0.871. The number of amides is 1. The fourth-order valence-corrected chi connectivity index (χ4v) is 2.62. The molecule has 0 fully saturated rings. The molecule has 0 spiro atoms. The van der Waals surface area contributed by atoms with Gasteiger partial charge in [0.05, 0.1) is 28.5 Å². The minimum atomic E-state index is -0.700. The summed E-state index contributed by atoms with van der Waals surface area (Å²) in [7, 11) is 0. The highest BCUT2D eigenvalue weighted by atomic mass is 79.9. The first-order valence-corrected chi connectivity index (χ1v) is 7.22. The van der Waals surface area contributed by atoms with E-state index in [0.29, 0.717) is 27.5 Å². The molecule has 0 bridgehead atoms. The average molecular weight is 374 g/mol. The van der Waals surface area contributed by atoms with Crippen LogP contribution in [-0.4, -0.2) is 17.5 Å². The molecule has 1 heterocycles. The number of carbonyl (C=O) groups excluding carboxylic acids is 1. The number of nitrogens with one attached hydrogen (secondary N) is 1. The number of pyridine rings is 1. The lowest BCUT2D eigenvalue weighted by Gasteiger charge is -2.14. The normalized spacial score (nSPS) is 10.3. The zero-order valence-electron chi connectivity index (χ0n) is 11.0. The smallest absolute Gasteiger partial charge is 0.258 e. The first-order valence-electron chi connectivity index (χ1n) is 6.05. The average Bonchev–Trinajstić information content (AvgIpc) is 2.43. The third-order valence-corrected chi connectivity index (χ3v) is 3.37. The Bertz CT molecular complexity index is 682. The van der Waals surface area contributed by atoms with E-state index in [9.17, 15) is 9.18 Å². The van der Waals surface area contributed by atoms with Crippen molar-refractivity contribution in [3.8, 4) is 5.75 Å². The van der Waals surface area contributed by atoms with E-state index in [0.717, 1.165) is 6.20 Å². The van der Waals surface area contributed by atoms with E-state index >= 15 is 0 Å². The molecule has 1 amide bonds. The number of halogens is 3. The Morgan fingerprint density at radius 1 is 1.52 bits per heavy atom. The lowest BCUT2D eigenvalue weighted by Crippen LogP contribution is -2.15. The number of anilines is 1. The topological polar surface area (TPSA) is 51.2 Å². The molecule has 0 radical (unpaired) electrons. The van der Waals surface area contributed by atoms with Crippen molar-refractivity contribution in [2.45, 2.75) is 6.92 Å². The second kappa shape index (κ2) is 6.87. The maximum atomic E-state index is 13.6. The van der Waals surface area contributed by atoms with Crippen LogP contribution in [0.3, 0.4) is 0 Å². The summed E-state index contributed by atoms with van der Waals surface area (Å²) in [6.07, 6.45) is 2.32. The molecule has 0 saturated heterocycles. The van der Waals surface area contributed by atoms with Crippen molar-refractivity contribution in [2.24, 2.45) is 0 Å². The summed E-state index contributed by atoms with van der Waals surface area (Å²) in [6, 6.07) is 4.48. The number of benzene rings is 1. The van der Waals surface area contributed by atoms with Gasteiger partial charge in [0, 0.05) is 11.2 Å². The van der Waals surface area contributed by atoms with Gasteiger partial charge in [-0.3, -0.25) is 9.78 Å². The van der Waals surface area contributed by atoms with Crippen molar-refractivity contribution < 1.29 is 13.9 Å². The summed E-state index contributed by atoms with van der Waals surface area (Å²) in [5, 5.41) is 3.00. The predicted octanol–water partition coefficient (Wildman–Crippen LogP) is 4.29. The largest absolute Gasteiger partial charge is 0.491 e. The van der Waals surface area contributed by atoms with E-state index in [1.165, 1.54) is 18.3 Å². The molecule has 7 heteroatoms. The number of hydrogen-bond acceptors (Lipinski definition) is 3. The van der Waals surface area contributed by atoms with Crippen LogP contribution in [0.2, 0.25) is 5.02 Å². The minimum Gasteiger partial charge on any atom is -0.491 e. The first kappa shape index (κ1) is 15.7. The van der Waals surface area contributed by atoms with Gasteiger partial charge >= 0.3 is 0 Å². The number of carbonyl (C=O) groups is 1. The van der Waals surface area contributed by atoms with Crippen LogP contribution in [-0.2, 0) is 0 Å². The summed E-state index contributed by atoms with van der Waals surface area (Å²) < 4.78 is 19.6. The Morgan fingerprint density at radius 3 is 2.95 bits per heavy atom. The molecule has 0 aliphatic rings. The molecule has 2 aromatic rings. The molecule has 1 aromatic carbocycles. The maximum absolute atomic E-state index is 13.6. The zero-order valence-corrected chi connectivity index (χ0v) is 13.3. The quantitative estimate of drug-likeness (QED) is 0.870. The van der Waals surface area contributed by atoms with E-state index in [4.69, 9.17) is 16.3 Å². The molecular weight excluding hydrogens is 363 g/mol. The third kappa shape index (κ3) is 3.71. The lowest BCUT2D eigenvalue weighted by atomic mass is 10.2. The van der Waals surface area contributed by atoms with Gasteiger partial charge in [-0.05, 0) is 41.1 Å². The van der Waals surface area contributed by atoms with Crippen molar-refractivity contribution in [3.05, 3.63) is 51.5 Å². The van der Waals surface area contributed by atoms with Crippen LogP contribution in [0.15, 0.2) is 35.1 Å². The fourth-order valence-electron chi connectivity index (χ4n) is 1.69. The van der Waals surface area contributed by atoms with Gasteiger partial charge in [-0.15, -0.1) is 0 Å². The molecule has 0 saturated carbocycles. The molecular formula is C14H11BrClFN2O2. The lowest BCUT2D eigenvalue weighted by molar-refractivity contribution is 0.102. The van der Waals surface area contributed by atoms with E-state index in [-0.39, 0.29) is 5.56 Å². The molecule has 0 aliphatic carbocycles. The second-order valence-corrected chi connectivity index (χ2v) is 5.30. The monoisotopic (exact) mass is 372 g/mol. The van der Waals surface area contributed by atoms with Gasteiger partial charge in [-0.2, -0.15) is 0 Å². The molecule has 21 heavy (non-hydrogen) atoms. The Kier molecular flexibility index (Phi) is 5.14. The van der Waals surface area contributed by atoms with E-state index in [1.807, 2.05) is 6.92 Å². The molecule has 1 N–H and O–H groups in total. The molecule has 0 atom stereocenters. The Labute approximate surface area is 134 Å². The highest BCUT2D eigenvalue weighted by Gasteiger charge is 2.16. The number of ether oxygens (including phenoxy) is 1. The van der Waals surface area contributed by atoms with Crippen LogP contribution >= 0.6 is 27.5 Å². The molecule has 0 unspecified atom stereocenters. The zero-order chi connectivity index (χ0) is 15.4. The summed E-state index contributed by atoms with van der Waals surface area (Å²) >= 11 is 9.28. The minimum absolute atomic E-state index is 0.108. The van der Waals surface area contributed by atoms with Crippen LogP contribution in [0, 0.1) is 5.82 Å². The van der Waals surface area contributed by atoms with Gasteiger partial charge in [0.15, 0.2) is 11.6 Å². The first-order chi connectivity index (χ1) is 10.0. The van der Waals surface area contributed by atoms with Gasteiger partial charge < -0.3 is 10.1 Å². The summed E-state index contributed by atoms with van der Waals surface area (Å²) in [5.41, 5.74) is 0.251. The van der Waals surface area contributed by atoms with Crippen LogP contribution in [0.5, 0.6) is 5.75 Å². The Hall–Kier alpha value is -1.66. The van der Waals surface area contributed by atoms with Crippen LogP contribution < -0.4 is 10.1 Å². The summed E-state index contributed by atoms with van der Waals surface area (Å²) in [4.78, 5) is 15.7. The van der Waals surface area contributed by atoms with E-state index in [1.54, 1.807) is 6.07 Å². The van der Waals surface area contributed by atoms with E-state index < -0.39 is 11.7 Å². The highest BCUT2D eigenvalue weighted by Crippen LogP contribution is 2.36. The molecule has 4 nitrogen and oxygen atoms in total. The third-order valence-electron chi connectivity index (χ3n) is 2.56. The predicted molar refractivity (Wildman–Crippen MR) is 82.5 cm³/mol. The standard InChI is InChI=1S/C14H11BrClFN2O2/c1-2-21-13-10(15)5-8(16)6-12(13)19-14(20)9-3-4-18-7-11(9)17/h3-7H,2H2,1H3,(H,19,20). The van der Waals surface area contributed by atoms with Crippen LogP contribution in [0.1, 0.15) is 17.3 Å².